The number of nitrogens with zero attached hydrogens (tertiary/aromatic N) is 1. The van der Waals surface area contributed by atoms with Crippen LogP contribution in [-0.2, 0) is 6.54 Å². The fourth-order valence-electron chi connectivity index (χ4n) is 2.00. The van der Waals surface area contributed by atoms with Gasteiger partial charge in [0.05, 0.1) is 11.8 Å². The second-order valence-electron chi connectivity index (χ2n) is 4.61. The average molecular weight is 316 g/mol. The summed E-state index contributed by atoms with van der Waals surface area (Å²) >= 11 is 5.90. The van der Waals surface area contributed by atoms with E-state index < -0.39 is 6.10 Å². The molecule has 110 valence electrons. The smallest absolute Gasteiger partial charge is 0.0915 e. The maximum Gasteiger partial charge on any atom is 0.0915 e. The van der Waals surface area contributed by atoms with Gasteiger partial charge in [0.1, 0.15) is 0 Å². The van der Waals surface area contributed by atoms with E-state index >= 15 is 0 Å². The number of hydrogen-bond donors (Lipinski definition) is 3. The van der Waals surface area contributed by atoms with Crippen molar-refractivity contribution in [3.8, 4) is 0 Å². The van der Waals surface area contributed by atoms with E-state index in [0.717, 1.165) is 22.5 Å². The number of aliphatic hydroxyl groups excluding tert-OH is 1. The normalized spacial score (nSPS) is 12.0. The summed E-state index contributed by atoms with van der Waals surface area (Å²) in [7, 11) is 0. The van der Waals surface area contributed by atoms with Crippen LogP contribution in [0, 0.1) is 13.8 Å². The third-order valence-electron chi connectivity index (χ3n) is 3.15. The molecule has 0 aliphatic heterocycles. The highest BCUT2D eigenvalue weighted by Gasteiger charge is 2.09. The quantitative estimate of drug-likeness (QED) is 0.795. The molecule has 0 spiro atoms. The van der Waals surface area contributed by atoms with Crippen molar-refractivity contribution >= 4 is 24.0 Å². The Morgan fingerprint density at radius 3 is 2.75 bits per heavy atom. The fraction of sp³-hybridized carbons (Fsp3) is 0.357. The van der Waals surface area contributed by atoms with Crippen LogP contribution in [0.3, 0.4) is 0 Å². The average Bonchev–Trinajstić information content (AvgIpc) is 2.70. The molecule has 0 aliphatic rings. The largest absolute Gasteiger partial charge is 0.387 e. The first-order valence-electron chi connectivity index (χ1n) is 6.22. The minimum atomic E-state index is -0.564. The summed E-state index contributed by atoms with van der Waals surface area (Å²) < 4.78 is 0. The van der Waals surface area contributed by atoms with Crippen molar-refractivity contribution in [1.82, 2.24) is 15.5 Å². The molecule has 1 aromatic carbocycles. The molecule has 0 aliphatic carbocycles. The third kappa shape index (κ3) is 4.21. The highest BCUT2D eigenvalue weighted by Crippen LogP contribution is 2.17. The van der Waals surface area contributed by atoms with Gasteiger partial charge >= 0.3 is 0 Å². The summed E-state index contributed by atoms with van der Waals surface area (Å²) in [6, 6.07) is 7.28. The Hall–Kier alpha value is -1.07. The molecule has 0 fully saturated rings. The van der Waals surface area contributed by atoms with E-state index in [1.54, 1.807) is 12.1 Å². The lowest BCUT2D eigenvalue weighted by Gasteiger charge is -2.12. The van der Waals surface area contributed by atoms with Crippen LogP contribution in [0.1, 0.15) is 28.6 Å². The monoisotopic (exact) mass is 315 g/mol. The van der Waals surface area contributed by atoms with Gasteiger partial charge in [-0.05, 0) is 31.5 Å². The van der Waals surface area contributed by atoms with E-state index in [0.29, 0.717) is 18.1 Å². The van der Waals surface area contributed by atoms with Gasteiger partial charge < -0.3 is 10.4 Å². The van der Waals surface area contributed by atoms with Crippen molar-refractivity contribution in [1.29, 1.82) is 0 Å². The Kier molecular flexibility index (Phi) is 6.49. The fourth-order valence-corrected chi connectivity index (χ4v) is 2.20. The maximum absolute atomic E-state index is 10.1. The van der Waals surface area contributed by atoms with Gasteiger partial charge in [0.15, 0.2) is 0 Å². The van der Waals surface area contributed by atoms with Crippen molar-refractivity contribution in [3.63, 3.8) is 0 Å². The van der Waals surface area contributed by atoms with Crippen LogP contribution in [0.5, 0.6) is 0 Å². The number of aromatic nitrogens is 2. The molecule has 1 heterocycles. The van der Waals surface area contributed by atoms with Gasteiger partial charge in [-0.15, -0.1) is 12.4 Å². The number of aliphatic hydroxyl groups is 1. The number of rotatable bonds is 5. The van der Waals surface area contributed by atoms with Crippen molar-refractivity contribution in [2.24, 2.45) is 0 Å². The highest BCUT2D eigenvalue weighted by atomic mass is 35.5. The zero-order valence-corrected chi connectivity index (χ0v) is 13.1. The summed E-state index contributed by atoms with van der Waals surface area (Å²) in [6.07, 6.45) is -0.564. The maximum atomic E-state index is 10.1. The van der Waals surface area contributed by atoms with Crippen LogP contribution < -0.4 is 5.32 Å². The lowest BCUT2D eigenvalue weighted by Crippen LogP contribution is -2.21. The van der Waals surface area contributed by atoms with E-state index in [9.17, 15) is 5.11 Å². The molecular formula is C14H19Cl2N3O. The molecule has 3 N–H and O–H groups in total. The molecule has 4 nitrogen and oxygen atoms in total. The second-order valence-corrected chi connectivity index (χ2v) is 5.05. The van der Waals surface area contributed by atoms with Crippen LogP contribution >= 0.6 is 24.0 Å². The van der Waals surface area contributed by atoms with E-state index in [-0.39, 0.29) is 12.4 Å². The van der Waals surface area contributed by atoms with Crippen molar-refractivity contribution < 1.29 is 5.11 Å². The molecule has 0 saturated heterocycles. The number of nitrogens with one attached hydrogen (secondary N) is 2. The van der Waals surface area contributed by atoms with Crippen molar-refractivity contribution in [2.75, 3.05) is 6.54 Å². The molecule has 1 atom stereocenters. The number of H-pyrrole nitrogens is 1. The second kappa shape index (κ2) is 7.64. The molecule has 2 aromatic rings. The Balaban J connectivity index is 0.00000200. The summed E-state index contributed by atoms with van der Waals surface area (Å²) in [5.74, 6) is 0. The van der Waals surface area contributed by atoms with Crippen molar-refractivity contribution in [3.05, 3.63) is 51.8 Å². The molecule has 0 radical (unpaired) electrons. The zero-order chi connectivity index (χ0) is 13.8. The Bertz CT molecular complexity index is 538. The summed E-state index contributed by atoms with van der Waals surface area (Å²) in [6.45, 7) is 5.12. The molecule has 6 heteroatoms. The number of halogens is 2. The molecular weight excluding hydrogens is 297 g/mol. The Morgan fingerprint density at radius 2 is 2.15 bits per heavy atom. The highest BCUT2D eigenvalue weighted by molar-refractivity contribution is 6.30. The van der Waals surface area contributed by atoms with Gasteiger partial charge in [-0.3, -0.25) is 5.10 Å². The zero-order valence-electron chi connectivity index (χ0n) is 11.5. The Labute approximate surface area is 130 Å². The molecule has 20 heavy (non-hydrogen) atoms. The third-order valence-corrected chi connectivity index (χ3v) is 3.39. The molecule has 2 rings (SSSR count). The summed E-state index contributed by atoms with van der Waals surface area (Å²) in [5, 5.41) is 21.0. The standard InChI is InChI=1S/C14H18ClN3O.ClH/c1-9-13(10(2)18-17-9)7-16-8-14(19)11-4-3-5-12(15)6-11;/h3-6,14,16,19H,7-8H2,1-2H3,(H,17,18);1H. The van der Waals surface area contributed by atoms with E-state index in [4.69, 9.17) is 11.6 Å². The van der Waals surface area contributed by atoms with Crippen LogP contribution in [0.4, 0.5) is 0 Å². The van der Waals surface area contributed by atoms with Gasteiger partial charge in [0.25, 0.3) is 0 Å². The molecule has 0 amide bonds. The minimum Gasteiger partial charge on any atom is -0.387 e. The van der Waals surface area contributed by atoms with Crippen LogP contribution in [0.15, 0.2) is 24.3 Å². The molecule has 0 saturated carbocycles. The Morgan fingerprint density at radius 1 is 1.40 bits per heavy atom. The van der Waals surface area contributed by atoms with Gasteiger partial charge in [-0.25, -0.2) is 0 Å². The lowest BCUT2D eigenvalue weighted by molar-refractivity contribution is 0.174. The van der Waals surface area contributed by atoms with Crippen LogP contribution in [0.25, 0.3) is 0 Å². The van der Waals surface area contributed by atoms with Crippen LogP contribution in [-0.4, -0.2) is 21.8 Å². The first kappa shape index (κ1) is 17.0. The number of benzene rings is 1. The first-order valence-corrected chi connectivity index (χ1v) is 6.60. The molecule has 1 aromatic heterocycles. The SMILES string of the molecule is Cc1n[nH]c(C)c1CNCC(O)c1cccc(Cl)c1.Cl. The minimum absolute atomic E-state index is 0. The topological polar surface area (TPSA) is 60.9 Å². The summed E-state index contributed by atoms with van der Waals surface area (Å²) in [4.78, 5) is 0. The van der Waals surface area contributed by atoms with Gasteiger partial charge in [-0.1, -0.05) is 23.7 Å². The number of aryl methyl sites for hydroxylation is 2. The summed E-state index contributed by atoms with van der Waals surface area (Å²) in [5.41, 5.74) is 4.02. The predicted octanol–water partition coefficient (Wildman–Crippen LogP) is 2.92. The van der Waals surface area contributed by atoms with E-state index in [1.165, 1.54) is 0 Å². The van der Waals surface area contributed by atoms with Gasteiger partial charge in [-0.2, -0.15) is 5.10 Å². The van der Waals surface area contributed by atoms with Gasteiger partial charge in [0, 0.05) is 29.4 Å². The predicted molar refractivity (Wildman–Crippen MR) is 83.4 cm³/mol. The van der Waals surface area contributed by atoms with Crippen molar-refractivity contribution in [2.45, 2.75) is 26.5 Å². The first-order chi connectivity index (χ1) is 9.08. The van der Waals surface area contributed by atoms with E-state index in [2.05, 4.69) is 15.5 Å². The number of hydrogen-bond acceptors (Lipinski definition) is 3. The lowest BCUT2D eigenvalue weighted by atomic mass is 10.1. The van der Waals surface area contributed by atoms with Crippen LogP contribution in [0.2, 0.25) is 5.02 Å². The molecule has 0 bridgehead atoms. The number of aromatic amines is 1. The molecule has 1 unspecified atom stereocenters. The van der Waals surface area contributed by atoms with E-state index in [1.807, 2.05) is 26.0 Å². The van der Waals surface area contributed by atoms with Gasteiger partial charge in [0.2, 0.25) is 0 Å².